The van der Waals surface area contributed by atoms with Crippen LogP contribution in [0.2, 0.25) is 0 Å². The van der Waals surface area contributed by atoms with Crippen molar-refractivity contribution in [2.45, 2.75) is 39.9 Å². The van der Waals surface area contributed by atoms with E-state index in [0.29, 0.717) is 11.1 Å². The summed E-state index contributed by atoms with van der Waals surface area (Å²) in [6, 6.07) is 21.4. The summed E-state index contributed by atoms with van der Waals surface area (Å²) < 4.78 is 11.2. The molecule has 0 saturated carbocycles. The van der Waals surface area contributed by atoms with Gasteiger partial charge in [0.05, 0.1) is 12.1 Å². The minimum absolute atomic E-state index is 0.0443. The number of nitrogens with zero attached hydrogens (tertiary/aromatic N) is 2. The van der Waals surface area contributed by atoms with Crippen LogP contribution in [0.3, 0.4) is 0 Å². The maximum Gasteiger partial charge on any atom is 0.437 e. The van der Waals surface area contributed by atoms with Gasteiger partial charge >= 0.3 is 6.09 Å². The quantitative estimate of drug-likeness (QED) is 0.261. The van der Waals surface area contributed by atoms with Crippen LogP contribution >= 0.6 is 0 Å². The summed E-state index contributed by atoms with van der Waals surface area (Å²) in [6.07, 6.45) is -1.000. The van der Waals surface area contributed by atoms with Crippen LogP contribution < -0.4 is 15.4 Å². The van der Waals surface area contributed by atoms with Crippen molar-refractivity contribution in [3.63, 3.8) is 0 Å². The van der Waals surface area contributed by atoms with E-state index in [1.807, 2.05) is 36.4 Å². The molecule has 194 valence electrons. The van der Waals surface area contributed by atoms with E-state index in [1.165, 1.54) is 6.92 Å². The number of guanidine groups is 1. The van der Waals surface area contributed by atoms with E-state index in [9.17, 15) is 14.4 Å². The Labute approximate surface area is 221 Å². The van der Waals surface area contributed by atoms with Gasteiger partial charge < -0.3 is 9.47 Å². The highest BCUT2D eigenvalue weighted by Gasteiger charge is 2.25. The predicted molar refractivity (Wildman–Crippen MR) is 144 cm³/mol. The van der Waals surface area contributed by atoms with E-state index in [1.54, 1.807) is 57.2 Å². The van der Waals surface area contributed by atoms with Gasteiger partial charge in [-0.15, -0.1) is 4.99 Å². The van der Waals surface area contributed by atoms with E-state index in [2.05, 4.69) is 20.5 Å². The Morgan fingerprint density at radius 2 is 1.55 bits per heavy atom. The normalized spacial score (nSPS) is 11.2. The van der Waals surface area contributed by atoms with Gasteiger partial charge in [-0.2, -0.15) is 0 Å². The van der Waals surface area contributed by atoms with Gasteiger partial charge in [-0.3, -0.25) is 20.2 Å². The number of hydrogen-bond acceptors (Lipinski definition) is 5. The molecular formula is C29H28N4O5. The van der Waals surface area contributed by atoms with Crippen molar-refractivity contribution in [2.75, 3.05) is 0 Å². The number of carbonyl (C=O) groups excluding carboxylic acids is 3. The van der Waals surface area contributed by atoms with E-state index in [-0.39, 0.29) is 23.6 Å². The second-order valence-electron chi connectivity index (χ2n) is 9.16. The molecule has 0 radical (unpaired) electrons. The molecule has 0 unspecified atom stereocenters. The minimum atomic E-state index is -1.000. The number of nitrogens with one attached hydrogen (secondary N) is 2. The zero-order chi connectivity index (χ0) is 27.7. The highest BCUT2D eigenvalue weighted by molar-refractivity contribution is 6.15. The Balaban J connectivity index is 2.09. The monoisotopic (exact) mass is 512 g/mol. The Hall–Kier alpha value is -4.97. The third-order valence-corrected chi connectivity index (χ3v) is 4.92. The smallest absolute Gasteiger partial charge is 0.437 e. The Morgan fingerprint density at radius 3 is 2.13 bits per heavy atom. The average Bonchev–Trinajstić information content (AvgIpc) is 2.86. The molecule has 0 aromatic heterocycles. The summed E-state index contributed by atoms with van der Waals surface area (Å²) in [5, 5.41) is 4.82. The molecule has 9 heteroatoms. The number of amides is 3. The molecule has 38 heavy (non-hydrogen) atoms. The molecular weight excluding hydrogens is 484 g/mol. The molecule has 9 nitrogen and oxygen atoms in total. The van der Waals surface area contributed by atoms with E-state index >= 15 is 0 Å². The molecule has 3 aromatic rings. The van der Waals surface area contributed by atoms with Crippen molar-refractivity contribution < 1.29 is 23.9 Å². The lowest BCUT2D eigenvalue weighted by molar-refractivity contribution is -0.117. The van der Waals surface area contributed by atoms with Crippen LogP contribution in [0.25, 0.3) is 16.0 Å². The molecule has 0 heterocycles. The molecule has 0 aliphatic carbocycles. The molecule has 0 fully saturated rings. The first-order chi connectivity index (χ1) is 18.1. The SMILES string of the molecule is [C-]#[N+]c1ccc(OCc2ccccc2)c(C(=O)N/C(=N\C(=O)OC(C)(C)C)NC(C)=O)c1-c1ccccc1. The zero-order valence-electron chi connectivity index (χ0n) is 21.6. The summed E-state index contributed by atoms with van der Waals surface area (Å²) in [4.78, 5) is 45.2. The van der Waals surface area contributed by atoms with Gasteiger partial charge in [-0.05, 0) is 38.0 Å². The Kier molecular flexibility index (Phi) is 8.95. The van der Waals surface area contributed by atoms with Gasteiger partial charge in [0.15, 0.2) is 5.69 Å². The lowest BCUT2D eigenvalue weighted by Gasteiger charge is -2.19. The largest absolute Gasteiger partial charge is 0.488 e. The number of rotatable bonds is 5. The van der Waals surface area contributed by atoms with Gasteiger partial charge in [0.25, 0.3) is 5.91 Å². The molecule has 0 aliphatic rings. The third kappa shape index (κ3) is 7.77. The lowest BCUT2D eigenvalue weighted by atomic mass is 9.96. The maximum absolute atomic E-state index is 13.7. The molecule has 0 aliphatic heterocycles. The topological polar surface area (TPSA) is 110 Å². The summed E-state index contributed by atoms with van der Waals surface area (Å²) in [5.74, 6) is -1.52. The van der Waals surface area contributed by atoms with Crippen molar-refractivity contribution in [1.82, 2.24) is 10.6 Å². The van der Waals surface area contributed by atoms with E-state index in [0.717, 1.165) is 5.56 Å². The predicted octanol–water partition coefficient (Wildman–Crippen LogP) is 5.64. The number of aliphatic imine (C=N–C) groups is 1. The van der Waals surface area contributed by atoms with E-state index < -0.39 is 29.5 Å². The molecule has 3 rings (SSSR count). The molecule has 3 aromatic carbocycles. The summed E-state index contributed by atoms with van der Waals surface area (Å²) in [6.45, 7) is 14.1. The maximum atomic E-state index is 13.7. The average molecular weight is 513 g/mol. The van der Waals surface area contributed by atoms with Crippen LogP contribution in [0, 0.1) is 6.57 Å². The van der Waals surface area contributed by atoms with Crippen LogP contribution in [0.5, 0.6) is 5.75 Å². The molecule has 3 amide bonds. The van der Waals surface area contributed by atoms with Crippen molar-refractivity contribution >= 4 is 29.6 Å². The highest BCUT2D eigenvalue weighted by atomic mass is 16.6. The second-order valence-corrected chi connectivity index (χ2v) is 9.16. The number of ether oxygens (including phenoxy) is 2. The first kappa shape index (κ1) is 27.6. The van der Waals surface area contributed by atoms with Crippen LogP contribution in [0.1, 0.15) is 43.6 Å². The third-order valence-electron chi connectivity index (χ3n) is 4.92. The molecule has 0 bridgehead atoms. The van der Waals surface area contributed by atoms with Crippen LogP contribution in [-0.2, 0) is 16.1 Å². The first-order valence-corrected chi connectivity index (χ1v) is 11.7. The highest BCUT2D eigenvalue weighted by Crippen LogP contribution is 2.39. The number of benzene rings is 3. The second kappa shape index (κ2) is 12.3. The van der Waals surface area contributed by atoms with Gasteiger partial charge in [-0.25, -0.2) is 9.64 Å². The van der Waals surface area contributed by atoms with Gasteiger partial charge in [-0.1, -0.05) is 66.7 Å². The Bertz CT molecular complexity index is 1390. The molecule has 0 saturated heterocycles. The van der Waals surface area contributed by atoms with Gasteiger partial charge in [0.2, 0.25) is 11.9 Å². The summed E-state index contributed by atoms with van der Waals surface area (Å²) in [5.41, 5.74) is 1.25. The number of carbonyl (C=O) groups is 3. The molecule has 2 N–H and O–H groups in total. The van der Waals surface area contributed by atoms with Crippen molar-refractivity contribution in [1.29, 1.82) is 0 Å². The summed E-state index contributed by atoms with van der Waals surface area (Å²) >= 11 is 0. The zero-order valence-corrected chi connectivity index (χ0v) is 21.6. The minimum Gasteiger partial charge on any atom is -0.488 e. The van der Waals surface area contributed by atoms with Crippen LogP contribution in [-0.4, -0.2) is 29.5 Å². The first-order valence-electron chi connectivity index (χ1n) is 11.7. The van der Waals surface area contributed by atoms with Crippen LogP contribution in [0.4, 0.5) is 10.5 Å². The van der Waals surface area contributed by atoms with Gasteiger partial charge in [0, 0.05) is 12.5 Å². The van der Waals surface area contributed by atoms with Crippen LogP contribution in [0.15, 0.2) is 77.8 Å². The van der Waals surface area contributed by atoms with Crippen molar-refractivity contribution in [3.8, 4) is 16.9 Å². The lowest BCUT2D eigenvalue weighted by Crippen LogP contribution is -2.44. The van der Waals surface area contributed by atoms with E-state index in [4.69, 9.17) is 16.0 Å². The fourth-order valence-corrected chi connectivity index (χ4v) is 3.44. The van der Waals surface area contributed by atoms with Crippen molar-refractivity contribution in [3.05, 3.63) is 95.3 Å². The Morgan fingerprint density at radius 1 is 0.921 bits per heavy atom. The standard InChI is InChI=1S/C29H28N4O5/c1-19(34)31-27(33-28(36)38-29(2,3)4)32-26(35)25-23(37-18-20-12-8-6-9-13-20)17-16-22(30-5)24(25)21-14-10-7-11-15-21/h6-17H,18H2,1-4H3,(H2,31,32,33,34,35,36). The number of hydrogen-bond donors (Lipinski definition) is 2. The fourth-order valence-electron chi connectivity index (χ4n) is 3.44. The fraction of sp³-hybridized carbons (Fsp3) is 0.207. The molecule has 0 atom stereocenters. The molecule has 0 spiro atoms. The van der Waals surface area contributed by atoms with Gasteiger partial charge in [0.1, 0.15) is 18.0 Å². The van der Waals surface area contributed by atoms with Crippen molar-refractivity contribution in [2.24, 2.45) is 4.99 Å². The summed E-state index contributed by atoms with van der Waals surface area (Å²) in [7, 11) is 0.